The summed E-state index contributed by atoms with van der Waals surface area (Å²) in [6, 6.07) is 6.81. The monoisotopic (exact) mass is 349 g/mol. The fourth-order valence-electron chi connectivity index (χ4n) is 3.16. The summed E-state index contributed by atoms with van der Waals surface area (Å²) < 4.78 is 16.5. The molecule has 1 aromatic rings. The molecular weight excluding hydrogens is 326 g/mol. The number of carbonyl (C=O) groups excluding carboxylic acids is 1. The third-order valence-corrected chi connectivity index (χ3v) is 4.55. The molecule has 1 amide bonds. The number of carboxylic acids is 1. The number of aliphatic carboxylic acids is 1. The van der Waals surface area contributed by atoms with Gasteiger partial charge in [0.25, 0.3) is 5.91 Å². The summed E-state index contributed by atoms with van der Waals surface area (Å²) in [5, 5.41) is 11.9. The van der Waals surface area contributed by atoms with Crippen molar-refractivity contribution < 1.29 is 28.9 Å². The normalized spacial score (nSPS) is 25.7. The Hall–Kier alpha value is -2.12. The van der Waals surface area contributed by atoms with Crippen LogP contribution in [0.1, 0.15) is 36.0 Å². The molecule has 2 atom stereocenters. The molecular formula is C18H23NO6. The van der Waals surface area contributed by atoms with E-state index in [2.05, 4.69) is 5.32 Å². The molecule has 2 saturated heterocycles. The molecule has 25 heavy (non-hydrogen) atoms. The van der Waals surface area contributed by atoms with Crippen molar-refractivity contribution >= 4 is 11.9 Å². The fraction of sp³-hybridized carbons (Fsp3) is 0.556. The molecule has 2 aliphatic rings. The zero-order valence-electron chi connectivity index (χ0n) is 14.0. The van der Waals surface area contributed by atoms with Gasteiger partial charge >= 0.3 is 5.97 Å². The number of hydrogen-bond donors (Lipinski definition) is 2. The van der Waals surface area contributed by atoms with Crippen LogP contribution in [0.3, 0.4) is 0 Å². The van der Waals surface area contributed by atoms with Gasteiger partial charge in [0.15, 0.2) is 0 Å². The molecule has 7 nitrogen and oxygen atoms in total. The van der Waals surface area contributed by atoms with Gasteiger partial charge in [0.05, 0.1) is 24.7 Å². The minimum atomic E-state index is -0.955. The average Bonchev–Trinajstić information content (AvgIpc) is 3.25. The summed E-state index contributed by atoms with van der Waals surface area (Å²) in [5.41, 5.74) is -0.376. The van der Waals surface area contributed by atoms with Gasteiger partial charge in [-0.3, -0.25) is 9.59 Å². The second-order valence-electron chi connectivity index (χ2n) is 6.58. The van der Waals surface area contributed by atoms with E-state index < -0.39 is 11.5 Å². The third kappa shape index (κ3) is 4.70. The van der Waals surface area contributed by atoms with Crippen LogP contribution in [0, 0.1) is 0 Å². The van der Waals surface area contributed by atoms with Gasteiger partial charge in [0, 0.05) is 18.8 Å². The number of benzene rings is 1. The van der Waals surface area contributed by atoms with Crippen molar-refractivity contribution in [2.75, 3.05) is 26.4 Å². The molecule has 2 aliphatic heterocycles. The van der Waals surface area contributed by atoms with Gasteiger partial charge in [-0.1, -0.05) is 0 Å². The summed E-state index contributed by atoms with van der Waals surface area (Å²) in [5.74, 6) is -0.586. The van der Waals surface area contributed by atoms with E-state index in [1.807, 2.05) is 0 Å². The summed E-state index contributed by atoms with van der Waals surface area (Å²) in [4.78, 5) is 23.5. The first kappa shape index (κ1) is 17.7. The van der Waals surface area contributed by atoms with E-state index >= 15 is 0 Å². The van der Waals surface area contributed by atoms with E-state index in [-0.39, 0.29) is 25.0 Å². The fourth-order valence-corrected chi connectivity index (χ4v) is 3.16. The van der Waals surface area contributed by atoms with Crippen molar-refractivity contribution in [3.8, 4) is 5.75 Å². The molecule has 0 saturated carbocycles. The van der Waals surface area contributed by atoms with Gasteiger partial charge in [-0.15, -0.1) is 0 Å². The van der Waals surface area contributed by atoms with Crippen molar-refractivity contribution in [3.05, 3.63) is 29.8 Å². The maximum absolute atomic E-state index is 12.4. The Morgan fingerprint density at radius 1 is 1.28 bits per heavy atom. The highest BCUT2D eigenvalue weighted by Gasteiger charge is 2.38. The second kappa shape index (κ2) is 7.84. The minimum Gasteiger partial charge on any atom is -0.491 e. The number of nitrogens with one attached hydrogen (secondary N) is 1. The molecule has 136 valence electrons. The van der Waals surface area contributed by atoms with Crippen molar-refractivity contribution in [1.82, 2.24) is 5.32 Å². The second-order valence-corrected chi connectivity index (χ2v) is 6.58. The van der Waals surface area contributed by atoms with Crippen LogP contribution in [0.5, 0.6) is 5.75 Å². The lowest BCUT2D eigenvalue weighted by atomic mass is 9.93. The SMILES string of the molecule is O=C(O)CC1(NC(=O)c2ccc(OCC3CCCO3)cc2)CCOC1. The maximum Gasteiger partial charge on any atom is 0.305 e. The Kier molecular flexibility index (Phi) is 5.55. The molecule has 0 radical (unpaired) electrons. The lowest BCUT2D eigenvalue weighted by Gasteiger charge is -2.27. The number of carbonyl (C=O) groups is 2. The summed E-state index contributed by atoms with van der Waals surface area (Å²) in [6.07, 6.45) is 2.55. The lowest BCUT2D eigenvalue weighted by Crippen LogP contribution is -2.50. The highest BCUT2D eigenvalue weighted by atomic mass is 16.5. The molecule has 0 bridgehead atoms. The zero-order valence-corrected chi connectivity index (χ0v) is 14.0. The average molecular weight is 349 g/mol. The van der Waals surface area contributed by atoms with Crippen LogP contribution < -0.4 is 10.1 Å². The highest BCUT2D eigenvalue weighted by molar-refractivity contribution is 5.95. The van der Waals surface area contributed by atoms with Crippen LogP contribution >= 0.6 is 0 Å². The topological polar surface area (TPSA) is 94.1 Å². The number of ether oxygens (including phenoxy) is 3. The van der Waals surface area contributed by atoms with Gasteiger partial charge in [-0.05, 0) is 43.5 Å². The van der Waals surface area contributed by atoms with E-state index in [9.17, 15) is 9.59 Å². The first-order valence-corrected chi connectivity index (χ1v) is 8.53. The number of rotatable bonds is 7. The van der Waals surface area contributed by atoms with Gasteiger partial charge in [-0.25, -0.2) is 0 Å². The molecule has 7 heteroatoms. The minimum absolute atomic E-state index is 0.140. The van der Waals surface area contributed by atoms with E-state index in [1.54, 1.807) is 24.3 Å². The molecule has 0 spiro atoms. The molecule has 0 aromatic heterocycles. The molecule has 3 rings (SSSR count). The molecule has 2 N–H and O–H groups in total. The predicted octanol–water partition coefficient (Wildman–Crippen LogP) is 1.61. The molecule has 2 heterocycles. The quantitative estimate of drug-likeness (QED) is 0.777. The van der Waals surface area contributed by atoms with Crippen LogP contribution in [-0.2, 0) is 14.3 Å². The van der Waals surface area contributed by atoms with Crippen LogP contribution in [0.25, 0.3) is 0 Å². The Morgan fingerprint density at radius 2 is 2.08 bits per heavy atom. The van der Waals surface area contributed by atoms with Gasteiger partial charge in [-0.2, -0.15) is 0 Å². The Morgan fingerprint density at radius 3 is 2.68 bits per heavy atom. The van der Waals surface area contributed by atoms with E-state index in [0.717, 1.165) is 19.4 Å². The van der Waals surface area contributed by atoms with Crippen LogP contribution in [0.4, 0.5) is 0 Å². The van der Waals surface area contributed by atoms with E-state index in [4.69, 9.17) is 19.3 Å². The first-order valence-electron chi connectivity index (χ1n) is 8.53. The Balaban J connectivity index is 1.57. The predicted molar refractivity (Wildman–Crippen MR) is 88.8 cm³/mol. The molecule has 2 unspecified atom stereocenters. The number of carboxylic acid groups (broad SMARTS) is 1. The molecule has 1 aromatic carbocycles. The van der Waals surface area contributed by atoms with Crippen molar-refractivity contribution in [3.63, 3.8) is 0 Å². The van der Waals surface area contributed by atoms with E-state index in [1.165, 1.54) is 0 Å². The highest BCUT2D eigenvalue weighted by Crippen LogP contribution is 2.24. The summed E-state index contributed by atoms with van der Waals surface area (Å²) >= 11 is 0. The van der Waals surface area contributed by atoms with Gasteiger partial charge in [0.2, 0.25) is 0 Å². The standard InChI is InChI=1S/C18H23NO6/c20-16(21)10-18(7-9-23-12-18)19-17(22)13-3-5-14(6-4-13)25-11-15-2-1-8-24-15/h3-6,15H,1-2,7-12H2,(H,19,22)(H,20,21). The maximum atomic E-state index is 12.4. The van der Waals surface area contributed by atoms with Gasteiger partial charge < -0.3 is 24.6 Å². The number of amides is 1. The number of hydrogen-bond acceptors (Lipinski definition) is 5. The third-order valence-electron chi connectivity index (χ3n) is 4.55. The van der Waals surface area contributed by atoms with Crippen LogP contribution in [0.2, 0.25) is 0 Å². The largest absolute Gasteiger partial charge is 0.491 e. The summed E-state index contributed by atoms with van der Waals surface area (Å²) in [7, 11) is 0. The smallest absolute Gasteiger partial charge is 0.305 e. The Labute approximate surface area is 146 Å². The molecule has 2 fully saturated rings. The summed E-state index contributed by atoms with van der Waals surface area (Å²) in [6.45, 7) is 1.96. The lowest BCUT2D eigenvalue weighted by molar-refractivity contribution is -0.138. The van der Waals surface area contributed by atoms with Gasteiger partial charge in [0.1, 0.15) is 12.4 Å². The van der Waals surface area contributed by atoms with Crippen molar-refractivity contribution in [2.45, 2.75) is 37.3 Å². The van der Waals surface area contributed by atoms with Crippen molar-refractivity contribution in [2.24, 2.45) is 0 Å². The Bertz CT molecular complexity index is 602. The van der Waals surface area contributed by atoms with Crippen LogP contribution in [-0.4, -0.2) is 55.1 Å². The first-order chi connectivity index (χ1) is 12.1. The van der Waals surface area contributed by atoms with E-state index in [0.29, 0.717) is 30.9 Å². The van der Waals surface area contributed by atoms with Crippen molar-refractivity contribution in [1.29, 1.82) is 0 Å². The zero-order chi connectivity index (χ0) is 17.7. The molecule has 0 aliphatic carbocycles. The van der Waals surface area contributed by atoms with Crippen LogP contribution in [0.15, 0.2) is 24.3 Å².